The zero-order valence-electron chi connectivity index (χ0n) is 7.68. The van der Waals surface area contributed by atoms with Gasteiger partial charge in [-0.3, -0.25) is 0 Å². The molecule has 0 radical (unpaired) electrons. The molecule has 1 rings (SSSR count). The van der Waals surface area contributed by atoms with E-state index >= 15 is 0 Å². The van der Waals surface area contributed by atoms with Crippen LogP contribution in [-0.2, 0) is 0 Å². The second-order valence-corrected chi connectivity index (χ2v) is 3.93. The first-order valence-corrected chi connectivity index (χ1v) is 5.08. The second-order valence-electron chi connectivity index (χ2n) is 3.93. The predicted octanol–water partition coefficient (Wildman–Crippen LogP) is 2.69. The van der Waals surface area contributed by atoms with Gasteiger partial charge < -0.3 is 5.73 Å². The van der Waals surface area contributed by atoms with Crippen LogP contribution in [0.25, 0.3) is 0 Å². The van der Waals surface area contributed by atoms with E-state index < -0.39 is 0 Å². The molecule has 2 N–H and O–H groups in total. The Kier molecular flexibility index (Phi) is 3.92. The molecule has 2 unspecified atom stereocenters. The molecule has 0 heterocycles. The molecule has 66 valence electrons. The lowest BCUT2D eigenvalue weighted by atomic mass is 10.00. The number of hydrogen-bond acceptors (Lipinski definition) is 1. The molecule has 1 aliphatic rings. The van der Waals surface area contributed by atoms with Gasteiger partial charge in [-0.05, 0) is 25.2 Å². The first-order valence-electron chi connectivity index (χ1n) is 5.08. The highest BCUT2D eigenvalue weighted by atomic mass is 14.6. The standard InChI is InChI=1S/C10H21N/c1-2-3-4-5-9-6-7-10(11)8-9/h9-10H,2-8,11H2,1H3. The fraction of sp³-hybridized carbons (Fsp3) is 1.00. The minimum absolute atomic E-state index is 0.529. The van der Waals surface area contributed by atoms with Crippen molar-refractivity contribution in [3.63, 3.8) is 0 Å². The molecule has 2 atom stereocenters. The van der Waals surface area contributed by atoms with Crippen LogP contribution in [0.5, 0.6) is 0 Å². The van der Waals surface area contributed by atoms with Crippen LogP contribution in [0, 0.1) is 5.92 Å². The average Bonchev–Trinajstić information content (AvgIpc) is 2.37. The Balaban J connectivity index is 1.99. The van der Waals surface area contributed by atoms with Crippen molar-refractivity contribution in [1.29, 1.82) is 0 Å². The molecule has 0 spiro atoms. The molecule has 0 aromatic carbocycles. The second kappa shape index (κ2) is 4.76. The number of nitrogens with two attached hydrogens (primary N) is 1. The van der Waals surface area contributed by atoms with E-state index in [0.717, 1.165) is 5.92 Å². The van der Waals surface area contributed by atoms with E-state index in [1.54, 1.807) is 0 Å². The summed E-state index contributed by atoms with van der Waals surface area (Å²) >= 11 is 0. The quantitative estimate of drug-likeness (QED) is 0.621. The topological polar surface area (TPSA) is 26.0 Å². The Labute approximate surface area is 70.4 Å². The number of hydrogen-bond donors (Lipinski definition) is 1. The summed E-state index contributed by atoms with van der Waals surface area (Å²) in [6.45, 7) is 2.26. The molecule has 1 heteroatoms. The molecule has 1 fully saturated rings. The van der Waals surface area contributed by atoms with Gasteiger partial charge in [-0.15, -0.1) is 0 Å². The Bertz CT molecular complexity index is 101. The van der Waals surface area contributed by atoms with Crippen LogP contribution < -0.4 is 5.73 Å². The summed E-state index contributed by atoms with van der Waals surface area (Å²) in [5, 5.41) is 0. The first kappa shape index (κ1) is 9.05. The van der Waals surface area contributed by atoms with E-state index in [2.05, 4.69) is 6.92 Å². The lowest BCUT2D eigenvalue weighted by molar-refractivity contribution is 0.465. The van der Waals surface area contributed by atoms with E-state index in [-0.39, 0.29) is 0 Å². The lowest BCUT2D eigenvalue weighted by Gasteiger charge is -2.07. The molecule has 1 aliphatic carbocycles. The maximum Gasteiger partial charge on any atom is 0.00415 e. The zero-order valence-corrected chi connectivity index (χ0v) is 7.68. The van der Waals surface area contributed by atoms with Crippen molar-refractivity contribution in [2.75, 3.05) is 0 Å². The number of unbranched alkanes of at least 4 members (excludes halogenated alkanes) is 2. The van der Waals surface area contributed by atoms with Crippen LogP contribution in [0.1, 0.15) is 51.9 Å². The third-order valence-corrected chi connectivity index (χ3v) is 2.80. The highest BCUT2D eigenvalue weighted by Gasteiger charge is 2.20. The van der Waals surface area contributed by atoms with Crippen LogP contribution in [0.3, 0.4) is 0 Å². The van der Waals surface area contributed by atoms with Crippen molar-refractivity contribution in [3.05, 3.63) is 0 Å². The molecular weight excluding hydrogens is 134 g/mol. The van der Waals surface area contributed by atoms with E-state index in [9.17, 15) is 0 Å². The smallest absolute Gasteiger partial charge is 0.00415 e. The average molecular weight is 155 g/mol. The third-order valence-electron chi connectivity index (χ3n) is 2.80. The van der Waals surface area contributed by atoms with Gasteiger partial charge in [0.25, 0.3) is 0 Å². The van der Waals surface area contributed by atoms with Gasteiger partial charge in [-0.2, -0.15) is 0 Å². The van der Waals surface area contributed by atoms with Crippen molar-refractivity contribution in [2.45, 2.75) is 57.9 Å². The zero-order chi connectivity index (χ0) is 8.10. The summed E-state index contributed by atoms with van der Waals surface area (Å²) in [4.78, 5) is 0. The summed E-state index contributed by atoms with van der Waals surface area (Å²) in [6, 6.07) is 0.529. The summed E-state index contributed by atoms with van der Waals surface area (Å²) in [5.74, 6) is 0.969. The summed E-state index contributed by atoms with van der Waals surface area (Å²) in [7, 11) is 0. The SMILES string of the molecule is CCCCCC1CCC(N)C1. The van der Waals surface area contributed by atoms with Crippen LogP contribution in [0.4, 0.5) is 0 Å². The van der Waals surface area contributed by atoms with Gasteiger partial charge in [0.1, 0.15) is 0 Å². The fourth-order valence-corrected chi connectivity index (χ4v) is 2.06. The van der Waals surface area contributed by atoms with Gasteiger partial charge >= 0.3 is 0 Å². The van der Waals surface area contributed by atoms with Gasteiger partial charge in [0, 0.05) is 6.04 Å². The van der Waals surface area contributed by atoms with E-state index in [1.807, 2.05) is 0 Å². The maximum absolute atomic E-state index is 5.83. The largest absolute Gasteiger partial charge is 0.328 e. The first-order chi connectivity index (χ1) is 5.33. The molecule has 0 saturated heterocycles. The summed E-state index contributed by atoms with van der Waals surface area (Å²) in [5.41, 5.74) is 5.83. The van der Waals surface area contributed by atoms with Crippen molar-refractivity contribution in [2.24, 2.45) is 11.7 Å². The normalized spacial score (nSPS) is 31.1. The van der Waals surface area contributed by atoms with Gasteiger partial charge in [0.15, 0.2) is 0 Å². The molecule has 1 nitrogen and oxygen atoms in total. The van der Waals surface area contributed by atoms with Crippen molar-refractivity contribution >= 4 is 0 Å². The van der Waals surface area contributed by atoms with Crippen molar-refractivity contribution < 1.29 is 0 Å². The van der Waals surface area contributed by atoms with E-state index in [1.165, 1.54) is 44.9 Å². The molecule has 0 amide bonds. The van der Waals surface area contributed by atoms with Gasteiger partial charge in [0.2, 0.25) is 0 Å². The maximum atomic E-state index is 5.83. The Morgan fingerprint density at radius 1 is 1.27 bits per heavy atom. The van der Waals surface area contributed by atoms with Crippen LogP contribution in [-0.4, -0.2) is 6.04 Å². The molecule has 0 aliphatic heterocycles. The Morgan fingerprint density at radius 2 is 2.09 bits per heavy atom. The minimum Gasteiger partial charge on any atom is -0.328 e. The highest BCUT2D eigenvalue weighted by Crippen LogP contribution is 2.28. The van der Waals surface area contributed by atoms with Crippen LogP contribution >= 0.6 is 0 Å². The van der Waals surface area contributed by atoms with Gasteiger partial charge in [0.05, 0.1) is 0 Å². The molecule has 0 aromatic rings. The van der Waals surface area contributed by atoms with Gasteiger partial charge in [-0.25, -0.2) is 0 Å². The van der Waals surface area contributed by atoms with Gasteiger partial charge in [-0.1, -0.05) is 32.6 Å². The highest BCUT2D eigenvalue weighted by molar-refractivity contribution is 4.77. The van der Waals surface area contributed by atoms with E-state index in [0.29, 0.717) is 6.04 Å². The summed E-state index contributed by atoms with van der Waals surface area (Å²) in [6.07, 6.45) is 9.57. The fourth-order valence-electron chi connectivity index (χ4n) is 2.06. The van der Waals surface area contributed by atoms with Crippen molar-refractivity contribution in [3.8, 4) is 0 Å². The molecule has 11 heavy (non-hydrogen) atoms. The lowest BCUT2D eigenvalue weighted by Crippen LogP contribution is -2.14. The molecular formula is C10H21N. The Hall–Kier alpha value is -0.0400. The molecule has 0 bridgehead atoms. The summed E-state index contributed by atoms with van der Waals surface area (Å²) < 4.78 is 0. The number of rotatable bonds is 4. The predicted molar refractivity (Wildman–Crippen MR) is 49.5 cm³/mol. The molecule has 1 saturated carbocycles. The third kappa shape index (κ3) is 3.24. The van der Waals surface area contributed by atoms with Crippen LogP contribution in [0.15, 0.2) is 0 Å². The van der Waals surface area contributed by atoms with Crippen molar-refractivity contribution in [1.82, 2.24) is 0 Å². The minimum atomic E-state index is 0.529. The van der Waals surface area contributed by atoms with E-state index in [4.69, 9.17) is 5.73 Å². The molecule has 0 aromatic heterocycles. The monoisotopic (exact) mass is 155 g/mol. The Morgan fingerprint density at radius 3 is 2.64 bits per heavy atom. The van der Waals surface area contributed by atoms with Crippen LogP contribution in [0.2, 0.25) is 0 Å².